The number of hydrogen-bond acceptors (Lipinski definition) is 5. The molecule has 1 aromatic rings. The molecule has 1 aliphatic rings. The molecule has 1 aliphatic heterocycles. The highest BCUT2D eigenvalue weighted by Crippen LogP contribution is 2.28. The third-order valence-corrected chi connectivity index (χ3v) is 4.74. The van der Waals surface area contributed by atoms with Crippen LogP contribution in [0.2, 0.25) is 0 Å². The Kier molecular flexibility index (Phi) is 11.3. The van der Waals surface area contributed by atoms with Crippen molar-refractivity contribution in [1.82, 2.24) is 10.6 Å². The number of aliphatic imine (C=N–C) groups is 1. The van der Waals surface area contributed by atoms with Crippen molar-refractivity contribution in [2.45, 2.75) is 39.7 Å². The van der Waals surface area contributed by atoms with Crippen molar-refractivity contribution >= 4 is 5.96 Å². The molecule has 1 saturated heterocycles. The second kappa shape index (κ2) is 14.1. The summed E-state index contributed by atoms with van der Waals surface area (Å²) in [6.45, 7) is 10.2. The maximum atomic E-state index is 5.82. The molecule has 2 N–H and O–H groups in total. The summed E-state index contributed by atoms with van der Waals surface area (Å²) >= 11 is 0. The van der Waals surface area contributed by atoms with E-state index in [-0.39, 0.29) is 0 Å². The highest BCUT2D eigenvalue weighted by atomic mass is 16.5. The Bertz CT molecular complexity index is 604. The largest absolute Gasteiger partial charge is 0.493 e. The Labute approximate surface area is 175 Å². The Morgan fingerprint density at radius 1 is 1.17 bits per heavy atom. The van der Waals surface area contributed by atoms with E-state index < -0.39 is 0 Å². The number of benzene rings is 1. The van der Waals surface area contributed by atoms with E-state index in [9.17, 15) is 0 Å². The summed E-state index contributed by atoms with van der Waals surface area (Å²) in [5.74, 6) is 2.96. The van der Waals surface area contributed by atoms with Gasteiger partial charge >= 0.3 is 0 Å². The van der Waals surface area contributed by atoms with Gasteiger partial charge in [0, 0.05) is 39.5 Å². The van der Waals surface area contributed by atoms with Crippen LogP contribution >= 0.6 is 0 Å². The topological polar surface area (TPSA) is 73.3 Å². The maximum absolute atomic E-state index is 5.82. The number of guanidine groups is 1. The maximum Gasteiger partial charge on any atom is 0.191 e. The zero-order valence-electron chi connectivity index (χ0n) is 18.2. The van der Waals surface area contributed by atoms with Gasteiger partial charge in [-0.2, -0.15) is 0 Å². The molecule has 0 atom stereocenters. The fourth-order valence-corrected chi connectivity index (χ4v) is 3.14. The number of ether oxygens (including phenoxy) is 4. The molecule has 1 heterocycles. The van der Waals surface area contributed by atoms with E-state index in [2.05, 4.69) is 22.5 Å². The van der Waals surface area contributed by atoms with Crippen LogP contribution in [0.1, 0.15) is 38.7 Å². The summed E-state index contributed by atoms with van der Waals surface area (Å²) in [5, 5.41) is 6.66. The van der Waals surface area contributed by atoms with E-state index in [1.54, 1.807) is 7.11 Å². The van der Waals surface area contributed by atoms with Crippen molar-refractivity contribution in [3.8, 4) is 11.5 Å². The van der Waals surface area contributed by atoms with Crippen LogP contribution in [0.3, 0.4) is 0 Å². The van der Waals surface area contributed by atoms with E-state index in [1.165, 1.54) is 0 Å². The molecule has 0 aromatic heterocycles. The van der Waals surface area contributed by atoms with Gasteiger partial charge in [0.1, 0.15) is 0 Å². The van der Waals surface area contributed by atoms with E-state index in [1.807, 2.05) is 25.1 Å². The minimum atomic E-state index is 0.569. The molecule has 0 unspecified atom stereocenters. The fourth-order valence-electron chi connectivity index (χ4n) is 3.14. The number of hydrogen-bond donors (Lipinski definition) is 2. The average Bonchev–Trinajstić information content (AvgIpc) is 2.75. The van der Waals surface area contributed by atoms with Crippen LogP contribution in [0.5, 0.6) is 11.5 Å². The number of rotatable bonds is 12. The van der Waals surface area contributed by atoms with Gasteiger partial charge in [0.2, 0.25) is 0 Å². The summed E-state index contributed by atoms with van der Waals surface area (Å²) < 4.78 is 22.2. The highest BCUT2D eigenvalue weighted by molar-refractivity contribution is 5.79. The number of nitrogens with one attached hydrogen (secondary N) is 2. The minimum absolute atomic E-state index is 0.569. The summed E-state index contributed by atoms with van der Waals surface area (Å²) in [5.41, 5.74) is 1.08. The van der Waals surface area contributed by atoms with Crippen LogP contribution < -0.4 is 20.1 Å². The Morgan fingerprint density at radius 3 is 2.72 bits per heavy atom. The monoisotopic (exact) mass is 407 g/mol. The van der Waals surface area contributed by atoms with Gasteiger partial charge in [0.05, 0.1) is 20.3 Å². The first kappa shape index (κ1) is 23.3. The van der Waals surface area contributed by atoms with Gasteiger partial charge in [-0.25, -0.2) is 4.99 Å². The Morgan fingerprint density at radius 2 is 2.00 bits per heavy atom. The lowest BCUT2D eigenvalue weighted by molar-refractivity contribution is 0.0203. The molecule has 0 amide bonds. The van der Waals surface area contributed by atoms with E-state index in [4.69, 9.17) is 18.9 Å². The Balaban J connectivity index is 1.73. The molecule has 1 aromatic carbocycles. The highest BCUT2D eigenvalue weighted by Gasteiger charge is 2.13. The van der Waals surface area contributed by atoms with Gasteiger partial charge in [0.25, 0.3) is 0 Å². The quantitative estimate of drug-likeness (QED) is 0.315. The predicted molar refractivity (Wildman–Crippen MR) is 116 cm³/mol. The first-order valence-electron chi connectivity index (χ1n) is 10.7. The lowest BCUT2D eigenvalue weighted by atomic mass is 10.0. The van der Waals surface area contributed by atoms with Crippen LogP contribution in [0.4, 0.5) is 0 Å². The van der Waals surface area contributed by atoms with Crippen LogP contribution in [0.15, 0.2) is 23.2 Å². The predicted octanol–water partition coefficient (Wildman–Crippen LogP) is 2.98. The van der Waals surface area contributed by atoms with Crippen LogP contribution in [0, 0.1) is 5.92 Å². The van der Waals surface area contributed by atoms with Gasteiger partial charge in [-0.1, -0.05) is 6.07 Å². The molecule has 0 radical (unpaired) electrons. The summed E-state index contributed by atoms with van der Waals surface area (Å²) in [4.78, 5) is 4.68. The second-order valence-corrected chi connectivity index (χ2v) is 7.02. The molecule has 0 spiro atoms. The van der Waals surface area contributed by atoms with Crippen molar-refractivity contribution in [2.75, 3.05) is 53.2 Å². The summed E-state index contributed by atoms with van der Waals surface area (Å²) in [6.07, 6.45) is 3.18. The third kappa shape index (κ3) is 8.92. The SMILES string of the molecule is CCNC(=NCc1ccc(OC)c(OCC)c1)NCCCOCC1CCOCC1. The van der Waals surface area contributed by atoms with E-state index in [0.29, 0.717) is 19.1 Å². The van der Waals surface area contributed by atoms with Gasteiger partial charge in [0.15, 0.2) is 17.5 Å². The van der Waals surface area contributed by atoms with Crippen molar-refractivity contribution in [3.05, 3.63) is 23.8 Å². The van der Waals surface area contributed by atoms with Gasteiger partial charge in [-0.05, 0) is 56.7 Å². The first-order valence-corrected chi connectivity index (χ1v) is 10.7. The molecule has 7 heteroatoms. The van der Waals surface area contributed by atoms with E-state index in [0.717, 1.165) is 81.8 Å². The molecule has 0 aliphatic carbocycles. The van der Waals surface area contributed by atoms with Crippen LogP contribution in [-0.4, -0.2) is 59.2 Å². The Hall–Kier alpha value is -1.99. The molecule has 164 valence electrons. The molecule has 7 nitrogen and oxygen atoms in total. The number of nitrogens with zero attached hydrogens (tertiary/aromatic N) is 1. The van der Waals surface area contributed by atoms with Gasteiger partial charge in [-0.15, -0.1) is 0 Å². The minimum Gasteiger partial charge on any atom is -0.493 e. The summed E-state index contributed by atoms with van der Waals surface area (Å²) in [7, 11) is 1.65. The van der Waals surface area contributed by atoms with Gasteiger partial charge in [-0.3, -0.25) is 0 Å². The van der Waals surface area contributed by atoms with Crippen LogP contribution in [-0.2, 0) is 16.0 Å². The van der Waals surface area contributed by atoms with Crippen molar-refractivity contribution < 1.29 is 18.9 Å². The smallest absolute Gasteiger partial charge is 0.191 e. The fraction of sp³-hybridized carbons (Fsp3) is 0.682. The molecule has 0 bridgehead atoms. The lowest BCUT2D eigenvalue weighted by Gasteiger charge is -2.21. The zero-order chi connectivity index (χ0) is 20.7. The van der Waals surface area contributed by atoms with Crippen molar-refractivity contribution in [2.24, 2.45) is 10.9 Å². The molecular formula is C22H37N3O4. The summed E-state index contributed by atoms with van der Waals surface area (Å²) in [6, 6.07) is 5.92. The van der Waals surface area contributed by atoms with Gasteiger partial charge < -0.3 is 29.6 Å². The average molecular weight is 408 g/mol. The molecule has 29 heavy (non-hydrogen) atoms. The van der Waals surface area contributed by atoms with Crippen molar-refractivity contribution in [3.63, 3.8) is 0 Å². The van der Waals surface area contributed by atoms with E-state index >= 15 is 0 Å². The molecule has 2 rings (SSSR count). The molecule has 1 fully saturated rings. The zero-order valence-corrected chi connectivity index (χ0v) is 18.2. The first-order chi connectivity index (χ1) is 14.3. The second-order valence-electron chi connectivity index (χ2n) is 7.02. The lowest BCUT2D eigenvalue weighted by Crippen LogP contribution is -2.38. The number of methoxy groups -OCH3 is 1. The molecular weight excluding hydrogens is 370 g/mol. The standard InChI is InChI=1S/C22H37N3O4/c1-4-23-22(24-11-6-12-28-17-18-9-13-27-14-10-18)25-16-19-7-8-20(26-3)21(15-19)29-5-2/h7-8,15,18H,4-6,9-14,16-17H2,1-3H3,(H2,23,24,25). The third-order valence-electron chi connectivity index (χ3n) is 4.74. The van der Waals surface area contributed by atoms with Crippen molar-refractivity contribution in [1.29, 1.82) is 0 Å². The molecule has 0 saturated carbocycles. The van der Waals surface area contributed by atoms with Crippen LogP contribution in [0.25, 0.3) is 0 Å². The normalized spacial score (nSPS) is 15.2.